The summed E-state index contributed by atoms with van der Waals surface area (Å²) in [7, 11) is 0. The SMILES string of the molecule is Cc1csc(SCc2c(C(=O)NCC(O)c3cccc(F)c3)oc3ccccc23)n1. The molecule has 4 rings (SSSR count). The predicted molar refractivity (Wildman–Crippen MR) is 116 cm³/mol. The molecule has 0 aliphatic rings. The number of para-hydroxylation sites is 1. The maximum Gasteiger partial charge on any atom is 0.287 e. The highest BCUT2D eigenvalue weighted by Crippen LogP contribution is 2.33. The van der Waals surface area contributed by atoms with Crippen LogP contribution in [-0.4, -0.2) is 22.5 Å². The molecule has 1 amide bonds. The number of nitrogens with one attached hydrogen (secondary N) is 1. The fourth-order valence-corrected chi connectivity index (χ4v) is 4.94. The van der Waals surface area contributed by atoms with Gasteiger partial charge in [-0.25, -0.2) is 9.37 Å². The number of amides is 1. The van der Waals surface area contributed by atoms with Gasteiger partial charge in [0.25, 0.3) is 5.91 Å². The Morgan fingerprint density at radius 2 is 2.13 bits per heavy atom. The summed E-state index contributed by atoms with van der Waals surface area (Å²) in [6, 6.07) is 13.2. The lowest BCUT2D eigenvalue weighted by molar-refractivity contribution is 0.0890. The number of hydrogen-bond acceptors (Lipinski definition) is 6. The van der Waals surface area contributed by atoms with Crippen LogP contribution >= 0.6 is 23.1 Å². The summed E-state index contributed by atoms with van der Waals surface area (Å²) in [5.74, 6) is -0.123. The first-order valence-electron chi connectivity index (χ1n) is 9.28. The largest absolute Gasteiger partial charge is 0.451 e. The van der Waals surface area contributed by atoms with Crippen molar-refractivity contribution in [2.24, 2.45) is 0 Å². The molecule has 154 valence electrons. The number of halogens is 1. The first-order chi connectivity index (χ1) is 14.5. The van der Waals surface area contributed by atoms with E-state index in [4.69, 9.17) is 4.42 Å². The Hall–Kier alpha value is -2.68. The number of fused-ring (bicyclic) bond motifs is 1. The molecule has 4 aromatic rings. The normalized spacial score (nSPS) is 12.2. The van der Waals surface area contributed by atoms with Crippen molar-refractivity contribution in [2.75, 3.05) is 6.54 Å². The van der Waals surface area contributed by atoms with Gasteiger partial charge in [0.05, 0.1) is 6.10 Å². The number of hydrogen-bond donors (Lipinski definition) is 2. The van der Waals surface area contributed by atoms with Crippen molar-refractivity contribution in [3.8, 4) is 0 Å². The van der Waals surface area contributed by atoms with Crippen molar-refractivity contribution in [2.45, 2.75) is 23.1 Å². The number of carbonyl (C=O) groups is 1. The first-order valence-corrected chi connectivity index (χ1v) is 11.1. The highest BCUT2D eigenvalue weighted by molar-refractivity contribution is 8.00. The molecular weight excluding hydrogens is 423 g/mol. The van der Waals surface area contributed by atoms with Crippen LogP contribution in [0.1, 0.15) is 33.5 Å². The van der Waals surface area contributed by atoms with E-state index in [2.05, 4.69) is 10.3 Å². The van der Waals surface area contributed by atoms with Crippen LogP contribution in [0.3, 0.4) is 0 Å². The van der Waals surface area contributed by atoms with Crippen LogP contribution in [0.25, 0.3) is 11.0 Å². The van der Waals surface area contributed by atoms with Gasteiger partial charge in [-0.1, -0.05) is 42.1 Å². The lowest BCUT2D eigenvalue weighted by Crippen LogP contribution is -2.28. The second-order valence-electron chi connectivity index (χ2n) is 6.73. The van der Waals surface area contributed by atoms with Crippen LogP contribution in [0, 0.1) is 12.7 Å². The molecule has 8 heteroatoms. The van der Waals surface area contributed by atoms with Gasteiger partial charge in [0.15, 0.2) is 5.76 Å². The van der Waals surface area contributed by atoms with Crippen LogP contribution in [0.4, 0.5) is 4.39 Å². The standard InChI is InChI=1S/C22H19FN2O3S2/c1-13-11-29-22(25-13)30-12-17-16-7-2-3-8-19(16)28-20(17)21(27)24-10-18(26)14-5-4-6-15(23)9-14/h2-9,11,18,26H,10,12H2,1H3,(H,24,27). The topological polar surface area (TPSA) is 75.4 Å². The number of rotatable bonds is 7. The van der Waals surface area contributed by atoms with E-state index in [1.807, 2.05) is 36.6 Å². The molecule has 0 saturated carbocycles. The monoisotopic (exact) mass is 442 g/mol. The van der Waals surface area contributed by atoms with Crippen LogP contribution in [0.2, 0.25) is 0 Å². The molecule has 0 radical (unpaired) electrons. The van der Waals surface area contributed by atoms with E-state index in [1.165, 1.54) is 18.2 Å². The van der Waals surface area contributed by atoms with Gasteiger partial charge in [0, 0.05) is 34.3 Å². The molecule has 0 bridgehead atoms. The van der Waals surface area contributed by atoms with Gasteiger partial charge in [-0.15, -0.1) is 11.3 Å². The number of furan rings is 1. The van der Waals surface area contributed by atoms with Crippen molar-refractivity contribution in [1.82, 2.24) is 10.3 Å². The lowest BCUT2D eigenvalue weighted by atomic mass is 10.1. The summed E-state index contributed by atoms with van der Waals surface area (Å²) in [5, 5.41) is 15.8. The number of aromatic nitrogens is 1. The molecule has 1 unspecified atom stereocenters. The van der Waals surface area contributed by atoms with Crippen molar-refractivity contribution < 1.29 is 18.7 Å². The number of thioether (sulfide) groups is 1. The fraction of sp³-hybridized carbons (Fsp3) is 0.182. The highest BCUT2D eigenvalue weighted by atomic mass is 32.2. The zero-order valence-corrected chi connectivity index (χ0v) is 17.7. The second kappa shape index (κ2) is 8.99. The van der Waals surface area contributed by atoms with E-state index < -0.39 is 17.8 Å². The minimum atomic E-state index is -1.02. The molecule has 0 aliphatic heterocycles. The van der Waals surface area contributed by atoms with Gasteiger partial charge in [0.2, 0.25) is 0 Å². The second-order valence-corrected chi connectivity index (χ2v) is 8.81. The van der Waals surface area contributed by atoms with E-state index >= 15 is 0 Å². The Kier molecular flexibility index (Phi) is 6.17. The summed E-state index contributed by atoms with van der Waals surface area (Å²) in [6.45, 7) is 1.88. The third kappa shape index (κ3) is 4.56. The van der Waals surface area contributed by atoms with Crippen molar-refractivity contribution in [3.63, 3.8) is 0 Å². The zero-order chi connectivity index (χ0) is 21.1. The zero-order valence-electron chi connectivity index (χ0n) is 16.1. The number of thiazole rings is 1. The van der Waals surface area contributed by atoms with Crippen LogP contribution in [0.15, 0.2) is 62.7 Å². The quantitative estimate of drug-likeness (QED) is 0.390. The van der Waals surface area contributed by atoms with Gasteiger partial charge in [-0.2, -0.15) is 0 Å². The number of carbonyl (C=O) groups excluding carboxylic acids is 1. The van der Waals surface area contributed by atoms with Gasteiger partial charge in [0.1, 0.15) is 15.7 Å². The van der Waals surface area contributed by atoms with Crippen LogP contribution in [0.5, 0.6) is 0 Å². The number of aryl methyl sites for hydroxylation is 1. The molecule has 1 atom stereocenters. The van der Waals surface area contributed by atoms with Crippen molar-refractivity contribution >= 4 is 40.0 Å². The van der Waals surface area contributed by atoms with Crippen LogP contribution < -0.4 is 5.32 Å². The molecule has 2 N–H and O–H groups in total. The van der Waals surface area contributed by atoms with Gasteiger partial charge in [-0.05, 0) is 30.7 Å². The van der Waals surface area contributed by atoms with Gasteiger partial charge >= 0.3 is 0 Å². The summed E-state index contributed by atoms with van der Waals surface area (Å²) in [6.07, 6.45) is -1.02. The van der Waals surface area contributed by atoms with Crippen LogP contribution in [-0.2, 0) is 5.75 Å². The molecule has 0 fully saturated rings. The number of aliphatic hydroxyl groups excluding tert-OH is 1. The van der Waals surface area contributed by atoms with E-state index in [9.17, 15) is 14.3 Å². The Morgan fingerprint density at radius 1 is 1.30 bits per heavy atom. The third-order valence-corrected chi connectivity index (χ3v) is 6.70. The summed E-state index contributed by atoms with van der Waals surface area (Å²) in [5.41, 5.74) is 2.76. The minimum absolute atomic E-state index is 0.0579. The van der Waals surface area contributed by atoms with Gasteiger partial charge in [-0.3, -0.25) is 4.79 Å². The Labute approximate surface area is 181 Å². The van der Waals surface area contributed by atoms with Crippen molar-refractivity contribution in [1.29, 1.82) is 0 Å². The fourth-order valence-electron chi connectivity index (χ4n) is 3.06. The summed E-state index contributed by atoms with van der Waals surface area (Å²) < 4.78 is 20.1. The number of nitrogens with zero attached hydrogens (tertiary/aromatic N) is 1. The summed E-state index contributed by atoms with van der Waals surface area (Å²) in [4.78, 5) is 17.3. The third-order valence-electron chi connectivity index (χ3n) is 4.53. The average molecular weight is 443 g/mol. The highest BCUT2D eigenvalue weighted by Gasteiger charge is 2.22. The maximum atomic E-state index is 13.4. The number of benzene rings is 2. The molecule has 30 heavy (non-hydrogen) atoms. The van der Waals surface area contributed by atoms with E-state index in [0.717, 1.165) is 21.0 Å². The van der Waals surface area contributed by atoms with Crippen molar-refractivity contribution in [3.05, 3.63) is 82.3 Å². The smallest absolute Gasteiger partial charge is 0.287 e. The molecule has 0 spiro atoms. The van der Waals surface area contributed by atoms with Gasteiger partial charge < -0.3 is 14.8 Å². The Balaban J connectivity index is 1.52. The molecule has 2 heterocycles. The van der Waals surface area contributed by atoms with E-state index in [1.54, 1.807) is 29.2 Å². The maximum absolute atomic E-state index is 13.4. The lowest BCUT2D eigenvalue weighted by Gasteiger charge is -2.12. The molecule has 0 aliphatic carbocycles. The molecule has 2 aromatic heterocycles. The molecular formula is C22H19FN2O3S2. The molecule has 0 saturated heterocycles. The van der Waals surface area contributed by atoms with E-state index in [-0.39, 0.29) is 12.3 Å². The Morgan fingerprint density at radius 3 is 2.90 bits per heavy atom. The average Bonchev–Trinajstić information content (AvgIpc) is 3.33. The minimum Gasteiger partial charge on any atom is -0.451 e. The number of aliphatic hydroxyl groups is 1. The molecule has 5 nitrogen and oxygen atoms in total. The summed E-state index contributed by atoms with van der Waals surface area (Å²) >= 11 is 3.11. The Bertz CT molecular complexity index is 1190. The molecule has 2 aromatic carbocycles. The first kappa shape index (κ1) is 20.6. The van der Waals surface area contributed by atoms with E-state index in [0.29, 0.717) is 16.9 Å². The predicted octanol–water partition coefficient (Wildman–Crippen LogP) is 5.09.